The van der Waals surface area contributed by atoms with Gasteiger partial charge in [0.05, 0.1) is 6.42 Å². The van der Waals surface area contributed by atoms with E-state index in [0.29, 0.717) is 13.0 Å². The molecule has 4 aromatic heterocycles. The van der Waals surface area contributed by atoms with Gasteiger partial charge in [0, 0.05) is 35.6 Å². The van der Waals surface area contributed by atoms with Gasteiger partial charge in [-0.25, -0.2) is 9.50 Å². The second kappa shape index (κ2) is 7.48. The molecule has 1 atom stereocenters. The number of nitrogens with zero attached hydrogens (tertiary/aromatic N) is 4. The first-order chi connectivity index (χ1) is 13.8. The van der Waals surface area contributed by atoms with Gasteiger partial charge in [-0.2, -0.15) is 16.4 Å². The molecule has 0 N–H and O–H groups in total. The lowest BCUT2D eigenvalue weighted by Gasteiger charge is -2.31. The highest BCUT2D eigenvalue weighted by Crippen LogP contribution is 2.28. The van der Waals surface area contributed by atoms with Crippen LogP contribution in [0.25, 0.3) is 16.1 Å². The summed E-state index contributed by atoms with van der Waals surface area (Å²) in [6.07, 6.45) is 4.55. The largest absolute Gasteiger partial charge is 0.342 e. The monoisotopic (exact) mass is 408 g/mol. The molecule has 0 spiro atoms. The van der Waals surface area contributed by atoms with Gasteiger partial charge in [0.25, 0.3) is 0 Å². The number of carbonyl (C=O) groups excluding carboxylic acids is 1. The minimum absolute atomic E-state index is 0.199. The van der Waals surface area contributed by atoms with Crippen molar-refractivity contribution in [2.75, 3.05) is 13.1 Å². The highest BCUT2D eigenvalue weighted by atomic mass is 32.1. The van der Waals surface area contributed by atoms with Gasteiger partial charge < -0.3 is 4.90 Å². The summed E-state index contributed by atoms with van der Waals surface area (Å²) < 4.78 is 1.87. The molecule has 0 aromatic carbocycles. The average Bonchev–Trinajstić information content (AvgIpc) is 3.48. The Kier molecular flexibility index (Phi) is 4.70. The molecular formula is C21H20N4OS2. The highest BCUT2D eigenvalue weighted by Gasteiger charge is 2.27. The number of amides is 1. The van der Waals surface area contributed by atoms with Crippen molar-refractivity contribution < 1.29 is 4.79 Å². The minimum atomic E-state index is 0.199. The topological polar surface area (TPSA) is 50.5 Å². The maximum Gasteiger partial charge on any atom is 0.227 e. The van der Waals surface area contributed by atoms with Gasteiger partial charge in [0.1, 0.15) is 0 Å². The second-order valence-electron chi connectivity index (χ2n) is 7.16. The summed E-state index contributed by atoms with van der Waals surface area (Å²) in [6.45, 7) is 1.53. The molecule has 28 heavy (non-hydrogen) atoms. The fourth-order valence-electron chi connectivity index (χ4n) is 3.76. The van der Waals surface area contributed by atoms with Crippen molar-refractivity contribution in [3.05, 3.63) is 64.1 Å². The molecule has 1 fully saturated rings. The van der Waals surface area contributed by atoms with E-state index >= 15 is 0 Å². The van der Waals surface area contributed by atoms with Crippen molar-refractivity contribution in [2.45, 2.75) is 25.2 Å². The summed E-state index contributed by atoms with van der Waals surface area (Å²) in [5.74, 6) is 1.24. The normalized spacial score (nSPS) is 17.3. The van der Waals surface area contributed by atoms with Crippen molar-refractivity contribution >= 4 is 34.2 Å². The molecule has 5 heterocycles. The Balaban J connectivity index is 1.35. The number of thiophene rings is 2. The van der Waals surface area contributed by atoms with E-state index in [-0.39, 0.29) is 11.8 Å². The van der Waals surface area contributed by atoms with E-state index in [0.717, 1.165) is 42.0 Å². The third-order valence-electron chi connectivity index (χ3n) is 5.23. The van der Waals surface area contributed by atoms with Gasteiger partial charge in [-0.3, -0.25) is 4.79 Å². The maximum absolute atomic E-state index is 12.7. The fraction of sp³-hybridized carbons (Fsp3) is 0.286. The number of hydrogen-bond donors (Lipinski definition) is 0. The van der Waals surface area contributed by atoms with Crippen molar-refractivity contribution in [1.82, 2.24) is 19.5 Å². The maximum atomic E-state index is 12.7. The van der Waals surface area contributed by atoms with Crippen molar-refractivity contribution in [1.29, 1.82) is 0 Å². The van der Waals surface area contributed by atoms with Crippen LogP contribution in [0.2, 0.25) is 0 Å². The van der Waals surface area contributed by atoms with Crippen LogP contribution in [0.4, 0.5) is 0 Å². The van der Waals surface area contributed by atoms with Gasteiger partial charge in [-0.1, -0.05) is 6.07 Å². The lowest BCUT2D eigenvalue weighted by molar-refractivity contribution is -0.131. The molecular weight excluding hydrogens is 388 g/mol. The smallest absolute Gasteiger partial charge is 0.227 e. The number of piperidine rings is 1. The summed E-state index contributed by atoms with van der Waals surface area (Å²) in [7, 11) is 0. The van der Waals surface area contributed by atoms with E-state index in [9.17, 15) is 4.79 Å². The number of pyridine rings is 1. The molecule has 1 aliphatic rings. The molecule has 0 unspecified atom stereocenters. The average molecular weight is 409 g/mol. The van der Waals surface area contributed by atoms with E-state index in [1.807, 2.05) is 38.5 Å². The quantitative estimate of drug-likeness (QED) is 0.501. The van der Waals surface area contributed by atoms with Crippen LogP contribution in [0.1, 0.15) is 30.1 Å². The third kappa shape index (κ3) is 3.47. The fourth-order valence-corrected chi connectivity index (χ4v) is 5.14. The van der Waals surface area contributed by atoms with Crippen LogP contribution < -0.4 is 0 Å². The Morgan fingerprint density at radius 2 is 2.18 bits per heavy atom. The first-order valence-electron chi connectivity index (χ1n) is 9.45. The Bertz CT molecular complexity index is 1090. The zero-order valence-corrected chi connectivity index (χ0v) is 17.0. The van der Waals surface area contributed by atoms with E-state index in [1.165, 1.54) is 4.88 Å². The Labute approximate surface area is 171 Å². The summed E-state index contributed by atoms with van der Waals surface area (Å²) in [4.78, 5) is 20.6. The van der Waals surface area contributed by atoms with Crippen molar-refractivity contribution in [3.63, 3.8) is 0 Å². The van der Waals surface area contributed by atoms with Crippen LogP contribution in [-0.4, -0.2) is 38.5 Å². The van der Waals surface area contributed by atoms with Gasteiger partial charge in [-0.05, 0) is 58.8 Å². The number of aromatic nitrogens is 3. The van der Waals surface area contributed by atoms with E-state index in [1.54, 1.807) is 22.7 Å². The van der Waals surface area contributed by atoms with Crippen molar-refractivity contribution in [3.8, 4) is 10.4 Å². The molecule has 1 aliphatic heterocycles. The van der Waals surface area contributed by atoms with Crippen LogP contribution in [0.15, 0.2) is 52.7 Å². The SMILES string of the molecule is O=C(Cc1ccsc1)N1CCC[C@H](c2nc3ccc(-c4cccs4)cn3n2)C1. The first-order valence-corrected chi connectivity index (χ1v) is 11.3. The Morgan fingerprint density at radius 3 is 3.00 bits per heavy atom. The second-order valence-corrected chi connectivity index (χ2v) is 8.88. The molecule has 1 saturated heterocycles. The van der Waals surface area contributed by atoms with Crippen molar-refractivity contribution in [2.24, 2.45) is 0 Å². The van der Waals surface area contributed by atoms with Gasteiger partial charge in [0.2, 0.25) is 5.91 Å². The minimum Gasteiger partial charge on any atom is -0.342 e. The summed E-state index contributed by atoms with van der Waals surface area (Å²) in [5.41, 5.74) is 3.11. The zero-order chi connectivity index (χ0) is 18.9. The van der Waals surface area contributed by atoms with Crippen LogP contribution in [-0.2, 0) is 11.2 Å². The number of carbonyl (C=O) groups is 1. The highest BCUT2D eigenvalue weighted by molar-refractivity contribution is 7.13. The Morgan fingerprint density at radius 1 is 1.21 bits per heavy atom. The van der Waals surface area contributed by atoms with Crippen LogP contribution in [0.5, 0.6) is 0 Å². The standard InChI is InChI=1S/C21H20N4OS2/c26-20(11-15-7-10-27-14-15)24-8-1-3-17(12-24)21-22-19-6-5-16(13-25(19)23-21)18-4-2-9-28-18/h2,4-7,9-10,13-14,17H,1,3,8,11-12H2/t17-/m0/s1. The predicted octanol–water partition coefficient (Wildman–Crippen LogP) is 4.47. The lowest BCUT2D eigenvalue weighted by atomic mass is 9.97. The third-order valence-corrected chi connectivity index (χ3v) is 6.88. The molecule has 4 aromatic rings. The molecule has 5 rings (SSSR count). The number of hydrogen-bond acceptors (Lipinski definition) is 5. The van der Waals surface area contributed by atoms with Gasteiger partial charge in [-0.15, -0.1) is 11.3 Å². The number of likely N-dealkylation sites (tertiary alicyclic amines) is 1. The molecule has 142 valence electrons. The van der Waals surface area contributed by atoms with E-state index in [2.05, 4.69) is 23.6 Å². The summed E-state index contributed by atoms with van der Waals surface area (Å²) in [5, 5.41) is 10.9. The summed E-state index contributed by atoms with van der Waals surface area (Å²) in [6, 6.07) is 10.3. The first kappa shape index (κ1) is 17.6. The van der Waals surface area contributed by atoms with Crippen LogP contribution in [0.3, 0.4) is 0 Å². The molecule has 0 bridgehead atoms. The Hall–Kier alpha value is -2.51. The lowest BCUT2D eigenvalue weighted by Crippen LogP contribution is -2.40. The molecule has 0 radical (unpaired) electrons. The zero-order valence-electron chi connectivity index (χ0n) is 15.3. The summed E-state index contributed by atoms with van der Waals surface area (Å²) >= 11 is 3.35. The molecule has 7 heteroatoms. The number of rotatable bonds is 4. The van der Waals surface area contributed by atoms with Gasteiger partial charge >= 0.3 is 0 Å². The predicted molar refractivity (Wildman–Crippen MR) is 113 cm³/mol. The molecule has 0 aliphatic carbocycles. The van der Waals surface area contributed by atoms with E-state index in [4.69, 9.17) is 10.1 Å². The van der Waals surface area contributed by atoms with Crippen LogP contribution >= 0.6 is 22.7 Å². The molecule has 0 saturated carbocycles. The van der Waals surface area contributed by atoms with Gasteiger partial charge in [0.15, 0.2) is 11.5 Å². The molecule has 5 nitrogen and oxygen atoms in total. The molecule has 1 amide bonds. The van der Waals surface area contributed by atoms with Crippen LogP contribution in [0, 0.1) is 0 Å². The number of fused-ring (bicyclic) bond motifs is 1. The van der Waals surface area contributed by atoms with E-state index < -0.39 is 0 Å².